The second-order valence-corrected chi connectivity index (χ2v) is 6.99. The number of benzene rings is 1. The Balaban J connectivity index is 1.70. The van der Waals surface area contributed by atoms with E-state index in [1.165, 1.54) is 19.3 Å². The molecule has 1 spiro atoms. The fourth-order valence-corrected chi connectivity index (χ4v) is 4.06. The summed E-state index contributed by atoms with van der Waals surface area (Å²) in [6.07, 6.45) is 8.06. The minimum atomic E-state index is -0.556. The van der Waals surface area contributed by atoms with Crippen LogP contribution in [0, 0.1) is 5.82 Å². The van der Waals surface area contributed by atoms with Crippen molar-refractivity contribution >= 4 is 28.9 Å². The van der Waals surface area contributed by atoms with Crippen molar-refractivity contribution in [3.05, 3.63) is 28.0 Å². The molecule has 0 amide bonds. The second kappa shape index (κ2) is 6.31. The zero-order chi connectivity index (χ0) is 14.9. The molecule has 1 aliphatic heterocycles. The number of nitrogens with one attached hydrogen (secondary N) is 1. The average Bonchev–Trinajstić information content (AvgIpc) is 2.45. The van der Waals surface area contributed by atoms with E-state index in [-0.39, 0.29) is 15.6 Å². The first-order valence-electron chi connectivity index (χ1n) is 7.63. The molecule has 116 valence electrons. The van der Waals surface area contributed by atoms with Crippen LogP contribution in [0.1, 0.15) is 44.9 Å². The van der Waals surface area contributed by atoms with Crippen molar-refractivity contribution < 1.29 is 9.13 Å². The van der Waals surface area contributed by atoms with Gasteiger partial charge in [-0.3, -0.25) is 0 Å². The molecule has 0 bridgehead atoms. The van der Waals surface area contributed by atoms with Gasteiger partial charge in [0.1, 0.15) is 0 Å². The summed E-state index contributed by atoms with van der Waals surface area (Å²) in [5.74, 6) is -0.556. The van der Waals surface area contributed by atoms with Gasteiger partial charge < -0.3 is 10.1 Å². The van der Waals surface area contributed by atoms with E-state index in [4.69, 9.17) is 27.9 Å². The Labute approximate surface area is 135 Å². The Morgan fingerprint density at radius 3 is 2.48 bits per heavy atom. The predicted molar refractivity (Wildman–Crippen MR) is 84.8 cm³/mol. The van der Waals surface area contributed by atoms with E-state index >= 15 is 0 Å². The van der Waals surface area contributed by atoms with Crippen LogP contribution in [0.15, 0.2) is 12.1 Å². The van der Waals surface area contributed by atoms with Crippen molar-refractivity contribution in [3.63, 3.8) is 0 Å². The summed E-state index contributed by atoms with van der Waals surface area (Å²) in [6.45, 7) is 0.778. The molecule has 1 saturated carbocycles. The SMILES string of the molecule is Fc1c(Cl)cc(NC2CCOC3(CCCCC3)C2)cc1Cl. The highest BCUT2D eigenvalue weighted by Gasteiger charge is 2.38. The molecule has 1 aliphatic carbocycles. The maximum Gasteiger partial charge on any atom is 0.160 e. The highest BCUT2D eigenvalue weighted by atomic mass is 35.5. The molecule has 5 heteroatoms. The van der Waals surface area contributed by atoms with Crippen molar-refractivity contribution in [1.29, 1.82) is 0 Å². The van der Waals surface area contributed by atoms with Gasteiger partial charge in [-0.1, -0.05) is 42.5 Å². The van der Waals surface area contributed by atoms with Crippen molar-refractivity contribution in [2.24, 2.45) is 0 Å². The molecule has 1 N–H and O–H groups in total. The van der Waals surface area contributed by atoms with Gasteiger partial charge >= 0.3 is 0 Å². The molecule has 0 radical (unpaired) electrons. The molecule has 1 saturated heterocycles. The molecule has 21 heavy (non-hydrogen) atoms. The van der Waals surface area contributed by atoms with Gasteiger partial charge in [0.15, 0.2) is 5.82 Å². The average molecular weight is 332 g/mol. The number of ether oxygens (including phenoxy) is 1. The van der Waals surface area contributed by atoms with E-state index in [2.05, 4.69) is 5.32 Å². The lowest BCUT2D eigenvalue weighted by Gasteiger charge is -2.44. The monoisotopic (exact) mass is 331 g/mol. The summed E-state index contributed by atoms with van der Waals surface area (Å²) in [4.78, 5) is 0. The molecular formula is C16H20Cl2FNO. The summed E-state index contributed by atoms with van der Waals surface area (Å²) in [7, 11) is 0. The molecule has 2 fully saturated rings. The van der Waals surface area contributed by atoms with Crippen molar-refractivity contribution in [1.82, 2.24) is 0 Å². The molecule has 2 nitrogen and oxygen atoms in total. The van der Waals surface area contributed by atoms with Gasteiger partial charge in [-0.2, -0.15) is 0 Å². The third kappa shape index (κ3) is 3.46. The lowest BCUT2D eigenvalue weighted by atomic mass is 9.78. The standard InChI is InChI=1S/C16H20Cl2FNO/c17-13-8-12(9-14(18)15(13)19)20-11-4-7-21-16(10-11)5-2-1-3-6-16/h8-9,11,20H,1-7,10H2. The topological polar surface area (TPSA) is 21.3 Å². The maximum absolute atomic E-state index is 13.5. The zero-order valence-electron chi connectivity index (χ0n) is 11.9. The van der Waals surface area contributed by atoms with Gasteiger partial charge in [0.2, 0.25) is 0 Å². The molecule has 1 atom stereocenters. The van der Waals surface area contributed by atoms with Gasteiger partial charge in [0.05, 0.1) is 15.6 Å². The van der Waals surface area contributed by atoms with E-state index in [1.54, 1.807) is 12.1 Å². The van der Waals surface area contributed by atoms with Crippen molar-refractivity contribution in [3.8, 4) is 0 Å². The Morgan fingerprint density at radius 1 is 1.14 bits per heavy atom. The fraction of sp³-hybridized carbons (Fsp3) is 0.625. The van der Waals surface area contributed by atoms with Gasteiger partial charge in [-0.15, -0.1) is 0 Å². The van der Waals surface area contributed by atoms with Crippen LogP contribution in [0.25, 0.3) is 0 Å². The molecule has 3 rings (SSSR count). The number of halogens is 3. The molecule has 1 aromatic rings. The number of hydrogen-bond acceptors (Lipinski definition) is 2. The zero-order valence-corrected chi connectivity index (χ0v) is 13.4. The van der Waals surface area contributed by atoms with Crippen LogP contribution in [-0.4, -0.2) is 18.2 Å². The quantitative estimate of drug-likeness (QED) is 0.730. The Hall–Kier alpha value is -0.510. The normalized spacial score (nSPS) is 25.0. The Kier molecular flexibility index (Phi) is 4.63. The fourth-order valence-electron chi connectivity index (χ4n) is 3.57. The molecular weight excluding hydrogens is 312 g/mol. The first-order valence-corrected chi connectivity index (χ1v) is 8.39. The van der Waals surface area contributed by atoms with Crippen molar-refractivity contribution in [2.75, 3.05) is 11.9 Å². The van der Waals surface area contributed by atoms with E-state index in [0.29, 0.717) is 6.04 Å². The minimum Gasteiger partial charge on any atom is -0.382 e. The van der Waals surface area contributed by atoms with Crippen LogP contribution >= 0.6 is 23.2 Å². The maximum atomic E-state index is 13.5. The summed E-state index contributed by atoms with van der Waals surface area (Å²) >= 11 is 11.7. The molecule has 1 unspecified atom stereocenters. The summed E-state index contributed by atoms with van der Waals surface area (Å²) in [5.41, 5.74) is 0.825. The first-order chi connectivity index (χ1) is 10.1. The largest absolute Gasteiger partial charge is 0.382 e. The summed E-state index contributed by atoms with van der Waals surface area (Å²) in [6, 6.07) is 3.53. The van der Waals surface area contributed by atoms with Gasteiger partial charge in [-0.05, 0) is 37.8 Å². The second-order valence-electron chi connectivity index (χ2n) is 6.18. The highest BCUT2D eigenvalue weighted by Crippen LogP contribution is 2.39. The van der Waals surface area contributed by atoms with Crippen LogP contribution in [0.2, 0.25) is 10.0 Å². The molecule has 1 aromatic carbocycles. The van der Waals surface area contributed by atoms with Crippen LogP contribution in [0.3, 0.4) is 0 Å². The Morgan fingerprint density at radius 2 is 1.81 bits per heavy atom. The smallest absolute Gasteiger partial charge is 0.160 e. The van der Waals surface area contributed by atoms with Gasteiger partial charge in [0, 0.05) is 18.3 Å². The lowest BCUT2D eigenvalue weighted by Crippen LogP contribution is -2.45. The summed E-state index contributed by atoms with van der Waals surface area (Å²) < 4.78 is 19.6. The van der Waals surface area contributed by atoms with Crippen LogP contribution in [0.5, 0.6) is 0 Å². The number of rotatable bonds is 2. The summed E-state index contributed by atoms with van der Waals surface area (Å²) in [5, 5.41) is 3.57. The third-order valence-electron chi connectivity index (χ3n) is 4.61. The van der Waals surface area contributed by atoms with Crippen LogP contribution in [0.4, 0.5) is 10.1 Å². The lowest BCUT2D eigenvalue weighted by molar-refractivity contribution is -0.103. The third-order valence-corrected chi connectivity index (χ3v) is 5.16. The predicted octanol–water partition coefficient (Wildman–Crippen LogP) is 5.43. The molecule has 0 aromatic heterocycles. The first kappa shape index (κ1) is 15.4. The molecule has 2 aliphatic rings. The van der Waals surface area contributed by atoms with E-state index in [1.807, 2.05) is 0 Å². The minimum absolute atomic E-state index is 0.0434. The van der Waals surface area contributed by atoms with Gasteiger partial charge in [-0.25, -0.2) is 4.39 Å². The Bertz CT molecular complexity index is 488. The number of hydrogen-bond donors (Lipinski definition) is 1. The van der Waals surface area contributed by atoms with Gasteiger partial charge in [0.25, 0.3) is 0 Å². The molecule has 1 heterocycles. The van der Waals surface area contributed by atoms with E-state index < -0.39 is 5.82 Å². The van der Waals surface area contributed by atoms with Crippen LogP contribution < -0.4 is 5.32 Å². The van der Waals surface area contributed by atoms with Crippen molar-refractivity contribution in [2.45, 2.75) is 56.6 Å². The highest BCUT2D eigenvalue weighted by molar-refractivity contribution is 6.35. The van der Waals surface area contributed by atoms with E-state index in [0.717, 1.165) is 38.0 Å². The number of anilines is 1. The van der Waals surface area contributed by atoms with Crippen LogP contribution in [-0.2, 0) is 4.74 Å². The van der Waals surface area contributed by atoms with E-state index in [9.17, 15) is 4.39 Å².